The quantitative estimate of drug-likeness (QED) is 0.724. The van der Waals surface area contributed by atoms with Gasteiger partial charge in [0, 0.05) is 19.6 Å². The van der Waals surface area contributed by atoms with Crippen molar-refractivity contribution in [2.24, 2.45) is 0 Å². The molecule has 0 atom stereocenters. The number of alkyl carbamates (subject to hydrolysis) is 1. The van der Waals surface area contributed by atoms with E-state index in [1.807, 2.05) is 27.7 Å². The Hall–Kier alpha value is -2.58. The van der Waals surface area contributed by atoms with E-state index in [0.717, 1.165) is 19.3 Å². The molecule has 2 N–H and O–H groups in total. The summed E-state index contributed by atoms with van der Waals surface area (Å²) in [7, 11) is 0. The average molecular weight is 365 g/mol. The molecular weight excluding hydrogens is 338 g/mol. The van der Waals surface area contributed by atoms with E-state index in [4.69, 9.17) is 4.74 Å². The summed E-state index contributed by atoms with van der Waals surface area (Å²) in [4.78, 5) is 42.2. The van der Waals surface area contributed by atoms with Crippen molar-refractivity contribution in [2.45, 2.75) is 65.6 Å². The number of hydrogen-bond acceptors (Lipinski definition) is 5. The van der Waals surface area contributed by atoms with Gasteiger partial charge in [-0.3, -0.25) is 14.3 Å². The molecule has 1 amide bonds. The van der Waals surface area contributed by atoms with Crippen molar-refractivity contribution in [1.29, 1.82) is 0 Å². The van der Waals surface area contributed by atoms with Gasteiger partial charge >= 0.3 is 11.8 Å². The summed E-state index contributed by atoms with van der Waals surface area (Å²) in [6, 6.07) is 0. The number of aromatic amines is 1. The minimum Gasteiger partial charge on any atom is -0.444 e. The number of aryl methyl sites for hydroxylation is 2. The summed E-state index contributed by atoms with van der Waals surface area (Å²) in [5.74, 6) is 0. The Morgan fingerprint density at radius 3 is 2.65 bits per heavy atom. The SMILES string of the molecule is CCCn1c(=O)[nH]c(=O)c2c1ncn2CCCCNC(=O)OC(C)(C)C. The van der Waals surface area contributed by atoms with Gasteiger partial charge in [0.05, 0.1) is 6.33 Å². The summed E-state index contributed by atoms with van der Waals surface area (Å²) < 4.78 is 8.39. The molecule has 0 radical (unpaired) electrons. The van der Waals surface area contributed by atoms with Crippen LogP contribution in [-0.4, -0.2) is 37.3 Å². The molecule has 2 heterocycles. The van der Waals surface area contributed by atoms with Crippen molar-refractivity contribution >= 4 is 17.3 Å². The number of nitrogens with zero attached hydrogens (tertiary/aromatic N) is 3. The van der Waals surface area contributed by atoms with Gasteiger partial charge in [0.1, 0.15) is 5.60 Å². The standard InChI is InChI=1S/C17H27N5O4/c1-5-9-22-13-12(14(23)20-15(22)24)21(11-19-13)10-7-6-8-18-16(25)26-17(2,3)4/h11H,5-10H2,1-4H3,(H,18,25)(H,20,23,24). The highest BCUT2D eigenvalue weighted by molar-refractivity contribution is 5.69. The number of nitrogens with one attached hydrogen (secondary N) is 2. The van der Waals surface area contributed by atoms with Gasteiger partial charge < -0.3 is 14.6 Å². The number of imidazole rings is 1. The molecule has 0 aromatic carbocycles. The lowest BCUT2D eigenvalue weighted by molar-refractivity contribution is 0.0527. The lowest BCUT2D eigenvalue weighted by Crippen LogP contribution is -2.33. The van der Waals surface area contributed by atoms with E-state index in [0.29, 0.717) is 30.8 Å². The monoisotopic (exact) mass is 365 g/mol. The van der Waals surface area contributed by atoms with Gasteiger partial charge in [0.25, 0.3) is 5.56 Å². The second kappa shape index (κ2) is 8.20. The Balaban J connectivity index is 1.96. The predicted octanol–water partition coefficient (Wildman–Crippen LogP) is 1.60. The van der Waals surface area contributed by atoms with E-state index in [9.17, 15) is 14.4 Å². The Kier molecular flexibility index (Phi) is 6.23. The van der Waals surface area contributed by atoms with Gasteiger partial charge in [0.2, 0.25) is 0 Å². The topological polar surface area (TPSA) is 111 Å². The first-order chi connectivity index (χ1) is 12.2. The number of hydrogen-bond donors (Lipinski definition) is 2. The van der Waals surface area contributed by atoms with Crippen LogP contribution in [-0.2, 0) is 17.8 Å². The third-order valence-electron chi connectivity index (χ3n) is 3.70. The molecule has 26 heavy (non-hydrogen) atoms. The van der Waals surface area contributed by atoms with Gasteiger partial charge in [-0.25, -0.2) is 14.6 Å². The average Bonchev–Trinajstić information content (AvgIpc) is 2.93. The van der Waals surface area contributed by atoms with E-state index < -0.39 is 22.9 Å². The number of unbranched alkanes of at least 4 members (excludes halogenated alkanes) is 1. The van der Waals surface area contributed by atoms with Crippen molar-refractivity contribution in [3.8, 4) is 0 Å². The van der Waals surface area contributed by atoms with Crippen LogP contribution in [0, 0.1) is 0 Å². The molecule has 0 spiro atoms. The summed E-state index contributed by atoms with van der Waals surface area (Å²) in [5.41, 5.74) is -0.571. The highest BCUT2D eigenvalue weighted by Gasteiger charge is 2.15. The molecule has 2 aromatic rings. The van der Waals surface area contributed by atoms with Crippen molar-refractivity contribution in [3.63, 3.8) is 0 Å². The van der Waals surface area contributed by atoms with Gasteiger partial charge in [0.15, 0.2) is 11.2 Å². The first-order valence-electron chi connectivity index (χ1n) is 8.87. The lowest BCUT2D eigenvalue weighted by Gasteiger charge is -2.19. The van der Waals surface area contributed by atoms with Crippen LogP contribution in [0.1, 0.15) is 47.0 Å². The second-order valence-corrected chi connectivity index (χ2v) is 7.16. The van der Waals surface area contributed by atoms with Crippen LogP contribution in [0.2, 0.25) is 0 Å². The molecule has 0 fully saturated rings. The number of ether oxygens (including phenoxy) is 1. The zero-order valence-corrected chi connectivity index (χ0v) is 15.8. The normalized spacial score (nSPS) is 11.7. The molecule has 0 aliphatic heterocycles. The Morgan fingerprint density at radius 2 is 2.00 bits per heavy atom. The van der Waals surface area contributed by atoms with Gasteiger partial charge in [-0.05, 0) is 40.0 Å². The molecule has 0 bridgehead atoms. The van der Waals surface area contributed by atoms with Crippen molar-refractivity contribution in [3.05, 3.63) is 27.2 Å². The molecule has 0 aliphatic rings. The van der Waals surface area contributed by atoms with E-state index in [-0.39, 0.29) is 0 Å². The fourth-order valence-electron chi connectivity index (χ4n) is 2.63. The van der Waals surface area contributed by atoms with E-state index >= 15 is 0 Å². The predicted molar refractivity (Wildman–Crippen MR) is 98.4 cm³/mol. The Morgan fingerprint density at radius 1 is 1.27 bits per heavy atom. The fraction of sp³-hybridized carbons (Fsp3) is 0.647. The van der Waals surface area contributed by atoms with Crippen molar-refractivity contribution in [2.75, 3.05) is 6.54 Å². The Labute approximate surface area is 151 Å². The van der Waals surface area contributed by atoms with Gasteiger partial charge in [-0.2, -0.15) is 0 Å². The molecule has 0 unspecified atom stereocenters. The number of rotatable bonds is 7. The minimum absolute atomic E-state index is 0.401. The van der Waals surface area contributed by atoms with Crippen LogP contribution >= 0.6 is 0 Å². The lowest BCUT2D eigenvalue weighted by atomic mass is 10.2. The summed E-state index contributed by atoms with van der Waals surface area (Å²) in [6.45, 7) is 8.95. The number of aromatic nitrogens is 4. The third-order valence-corrected chi connectivity index (χ3v) is 3.70. The van der Waals surface area contributed by atoms with Crippen LogP contribution in [0.3, 0.4) is 0 Å². The van der Waals surface area contributed by atoms with Crippen LogP contribution in [0.15, 0.2) is 15.9 Å². The van der Waals surface area contributed by atoms with Gasteiger partial charge in [-0.1, -0.05) is 6.92 Å². The first-order valence-corrected chi connectivity index (χ1v) is 8.87. The summed E-state index contributed by atoms with van der Waals surface area (Å²) >= 11 is 0. The van der Waals surface area contributed by atoms with Crippen molar-refractivity contribution < 1.29 is 9.53 Å². The van der Waals surface area contributed by atoms with E-state index in [1.165, 1.54) is 4.57 Å². The molecule has 2 rings (SSSR count). The zero-order chi connectivity index (χ0) is 19.3. The van der Waals surface area contributed by atoms with Crippen LogP contribution in [0.25, 0.3) is 11.2 Å². The smallest absolute Gasteiger partial charge is 0.407 e. The van der Waals surface area contributed by atoms with E-state index in [2.05, 4.69) is 15.3 Å². The fourth-order valence-corrected chi connectivity index (χ4v) is 2.63. The highest BCUT2D eigenvalue weighted by atomic mass is 16.6. The molecule has 0 aliphatic carbocycles. The molecular formula is C17H27N5O4. The minimum atomic E-state index is -0.519. The number of fused-ring (bicyclic) bond motifs is 1. The van der Waals surface area contributed by atoms with E-state index in [1.54, 1.807) is 10.9 Å². The number of carbonyl (C=O) groups excluding carboxylic acids is 1. The molecule has 144 valence electrons. The molecule has 0 saturated heterocycles. The van der Waals surface area contributed by atoms with Crippen molar-refractivity contribution in [1.82, 2.24) is 24.4 Å². The molecule has 9 nitrogen and oxygen atoms in total. The van der Waals surface area contributed by atoms with Crippen LogP contribution in [0.4, 0.5) is 4.79 Å². The number of H-pyrrole nitrogens is 1. The van der Waals surface area contributed by atoms with Crippen LogP contribution in [0.5, 0.6) is 0 Å². The maximum absolute atomic E-state index is 12.1. The number of amides is 1. The molecule has 0 saturated carbocycles. The van der Waals surface area contributed by atoms with Gasteiger partial charge in [-0.15, -0.1) is 0 Å². The third kappa shape index (κ3) is 4.96. The summed E-state index contributed by atoms with van der Waals surface area (Å²) in [6.07, 6.45) is 3.38. The molecule has 2 aromatic heterocycles. The first kappa shape index (κ1) is 19.7. The van der Waals surface area contributed by atoms with Crippen LogP contribution < -0.4 is 16.6 Å². The Bertz CT molecular complexity index is 872. The maximum Gasteiger partial charge on any atom is 0.407 e. The molecule has 9 heteroatoms. The zero-order valence-electron chi connectivity index (χ0n) is 15.8. The second-order valence-electron chi connectivity index (χ2n) is 7.16. The number of carbonyl (C=O) groups is 1. The highest BCUT2D eigenvalue weighted by Crippen LogP contribution is 2.09. The summed E-state index contributed by atoms with van der Waals surface area (Å²) in [5, 5.41) is 2.70. The largest absolute Gasteiger partial charge is 0.444 e. The maximum atomic E-state index is 12.1.